The monoisotopic (exact) mass is 284 g/mol. The van der Waals surface area contributed by atoms with Crippen LogP contribution >= 0.6 is 0 Å². The van der Waals surface area contributed by atoms with E-state index >= 15 is 0 Å². The Bertz CT molecular complexity index is 496. The average molecular weight is 284 g/mol. The van der Waals surface area contributed by atoms with Gasteiger partial charge in [-0.2, -0.15) is 0 Å². The van der Waals surface area contributed by atoms with Gasteiger partial charge < -0.3 is 15.4 Å². The summed E-state index contributed by atoms with van der Waals surface area (Å²) in [6.07, 6.45) is -0.379. The maximum Gasteiger partial charge on any atom is 0.227 e. The number of morpholine rings is 1. The first-order valence-electron chi connectivity index (χ1n) is 6.57. The van der Waals surface area contributed by atoms with E-state index in [1.165, 1.54) is 6.07 Å². The standard InChI is InChI=1S/C14H18F2N2O2/c1-9-7-18(8-12(6-17)20-9)14(19)4-10-2-3-11(15)5-13(10)16/h2-3,5,9,12H,4,6-8,17H2,1H3. The van der Waals surface area contributed by atoms with Gasteiger partial charge in [-0.1, -0.05) is 6.07 Å². The minimum atomic E-state index is -0.699. The zero-order valence-corrected chi connectivity index (χ0v) is 11.3. The molecule has 20 heavy (non-hydrogen) atoms. The van der Waals surface area contributed by atoms with Crippen LogP contribution in [0.5, 0.6) is 0 Å². The molecule has 0 spiro atoms. The van der Waals surface area contributed by atoms with Gasteiger partial charge in [0.25, 0.3) is 0 Å². The first-order valence-corrected chi connectivity index (χ1v) is 6.57. The molecule has 0 aromatic heterocycles. The molecule has 2 rings (SSSR count). The molecule has 110 valence electrons. The van der Waals surface area contributed by atoms with Gasteiger partial charge in [0, 0.05) is 25.7 Å². The van der Waals surface area contributed by atoms with E-state index in [1.807, 2.05) is 6.92 Å². The largest absolute Gasteiger partial charge is 0.370 e. The van der Waals surface area contributed by atoms with Crippen molar-refractivity contribution in [2.24, 2.45) is 5.73 Å². The molecule has 1 fully saturated rings. The van der Waals surface area contributed by atoms with Gasteiger partial charge in [-0.15, -0.1) is 0 Å². The van der Waals surface area contributed by atoms with Crippen LogP contribution in [-0.4, -0.2) is 42.6 Å². The third kappa shape index (κ3) is 3.52. The van der Waals surface area contributed by atoms with Crippen molar-refractivity contribution < 1.29 is 18.3 Å². The quantitative estimate of drug-likeness (QED) is 0.903. The number of rotatable bonds is 3. The molecular weight excluding hydrogens is 266 g/mol. The highest BCUT2D eigenvalue weighted by atomic mass is 19.1. The fourth-order valence-corrected chi connectivity index (χ4v) is 2.32. The molecule has 2 atom stereocenters. The minimum Gasteiger partial charge on any atom is -0.370 e. The second-order valence-corrected chi connectivity index (χ2v) is 5.02. The second kappa shape index (κ2) is 6.28. The molecule has 0 saturated carbocycles. The van der Waals surface area contributed by atoms with E-state index in [1.54, 1.807) is 4.90 Å². The van der Waals surface area contributed by atoms with Crippen LogP contribution in [0.3, 0.4) is 0 Å². The number of halogens is 2. The van der Waals surface area contributed by atoms with E-state index in [4.69, 9.17) is 10.5 Å². The van der Waals surface area contributed by atoms with Gasteiger partial charge in [-0.3, -0.25) is 4.79 Å². The van der Waals surface area contributed by atoms with Gasteiger partial charge in [-0.25, -0.2) is 8.78 Å². The van der Waals surface area contributed by atoms with Gasteiger partial charge in [0.15, 0.2) is 0 Å². The van der Waals surface area contributed by atoms with Crippen LogP contribution in [0.25, 0.3) is 0 Å². The van der Waals surface area contributed by atoms with Crippen LogP contribution in [-0.2, 0) is 16.0 Å². The SMILES string of the molecule is CC1CN(C(=O)Cc2ccc(F)cc2F)CC(CN)O1. The Morgan fingerprint density at radius 1 is 1.45 bits per heavy atom. The maximum atomic E-state index is 13.5. The third-order valence-corrected chi connectivity index (χ3v) is 3.30. The van der Waals surface area contributed by atoms with Crippen molar-refractivity contribution >= 4 is 5.91 Å². The van der Waals surface area contributed by atoms with Gasteiger partial charge in [0.05, 0.1) is 18.6 Å². The van der Waals surface area contributed by atoms with Crippen molar-refractivity contribution in [3.05, 3.63) is 35.4 Å². The Morgan fingerprint density at radius 3 is 2.85 bits per heavy atom. The van der Waals surface area contributed by atoms with Crippen molar-refractivity contribution in [1.82, 2.24) is 4.90 Å². The lowest BCUT2D eigenvalue weighted by Crippen LogP contribution is -2.51. The number of benzene rings is 1. The van der Waals surface area contributed by atoms with E-state index in [0.29, 0.717) is 19.6 Å². The highest BCUT2D eigenvalue weighted by Gasteiger charge is 2.27. The van der Waals surface area contributed by atoms with Gasteiger partial charge in [-0.05, 0) is 18.6 Å². The molecule has 0 radical (unpaired) electrons. The van der Waals surface area contributed by atoms with E-state index in [0.717, 1.165) is 12.1 Å². The smallest absolute Gasteiger partial charge is 0.227 e. The molecule has 0 aliphatic carbocycles. The highest BCUT2D eigenvalue weighted by molar-refractivity contribution is 5.79. The lowest BCUT2D eigenvalue weighted by atomic mass is 10.1. The van der Waals surface area contributed by atoms with Crippen molar-refractivity contribution in [2.45, 2.75) is 25.6 Å². The Balaban J connectivity index is 2.03. The first-order chi connectivity index (χ1) is 9.49. The number of hydrogen-bond acceptors (Lipinski definition) is 3. The van der Waals surface area contributed by atoms with E-state index in [2.05, 4.69) is 0 Å². The average Bonchev–Trinajstić information content (AvgIpc) is 2.41. The molecular formula is C14H18F2N2O2. The lowest BCUT2D eigenvalue weighted by Gasteiger charge is -2.36. The Labute approximate surface area is 116 Å². The molecule has 1 saturated heterocycles. The van der Waals surface area contributed by atoms with Gasteiger partial charge >= 0.3 is 0 Å². The number of carbonyl (C=O) groups is 1. The zero-order chi connectivity index (χ0) is 14.7. The summed E-state index contributed by atoms with van der Waals surface area (Å²) >= 11 is 0. The fraction of sp³-hybridized carbons (Fsp3) is 0.500. The van der Waals surface area contributed by atoms with Crippen molar-refractivity contribution in [1.29, 1.82) is 0 Å². The molecule has 6 heteroatoms. The summed E-state index contributed by atoms with van der Waals surface area (Å²) in [7, 11) is 0. The normalized spacial score (nSPS) is 22.9. The molecule has 1 amide bonds. The molecule has 2 N–H and O–H groups in total. The van der Waals surface area contributed by atoms with Crippen LogP contribution in [0.2, 0.25) is 0 Å². The fourth-order valence-electron chi connectivity index (χ4n) is 2.32. The number of ether oxygens (including phenoxy) is 1. The summed E-state index contributed by atoms with van der Waals surface area (Å²) in [5, 5.41) is 0. The number of carbonyl (C=O) groups excluding carboxylic acids is 1. The molecule has 1 aromatic carbocycles. The highest BCUT2D eigenvalue weighted by Crippen LogP contribution is 2.15. The summed E-state index contributed by atoms with van der Waals surface area (Å²) < 4.78 is 31.9. The lowest BCUT2D eigenvalue weighted by molar-refractivity contribution is -0.143. The molecule has 1 aliphatic heterocycles. The van der Waals surface area contributed by atoms with Crippen molar-refractivity contribution in [3.63, 3.8) is 0 Å². The summed E-state index contributed by atoms with van der Waals surface area (Å²) in [6.45, 7) is 3.06. The Kier molecular flexibility index (Phi) is 4.67. The van der Waals surface area contributed by atoms with Gasteiger partial charge in [0.2, 0.25) is 5.91 Å². The number of nitrogens with zero attached hydrogens (tertiary/aromatic N) is 1. The Hall–Kier alpha value is -1.53. The van der Waals surface area contributed by atoms with Crippen LogP contribution in [0.4, 0.5) is 8.78 Å². The zero-order valence-electron chi connectivity index (χ0n) is 11.3. The Morgan fingerprint density at radius 2 is 2.20 bits per heavy atom. The topological polar surface area (TPSA) is 55.6 Å². The van der Waals surface area contributed by atoms with Crippen LogP contribution in [0, 0.1) is 11.6 Å². The maximum absolute atomic E-state index is 13.5. The number of hydrogen-bond donors (Lipinski definition) is 1. The third-order valence-electron chi connectivity index (χ3n) is 3.30. The predicted octanol–water partition coefficient (Wildman–Crippen LogP) is 1.08. The molecule has 0 bridgehead atoms. The molecule has 1 aromatic rings. The molecule has 1 heterocycles. The minimum absolute atomic E-state index is 0.0872. The van der Waals surface area contributed by atoms with E-state index in [-0.39, 0.29) is 30.1 Å². The van der Waals surface area contributed by atoms with Crippen molar-refractivity contribution in [3.8, 4) is 0 Å². The predicted molar refractivity (Wildman–Crippen MR) is 70.0 cm³/mol. The molecule has 2 unspecified atom stereocenters. The second-order valence-electron chi connectivity index (χ2n) is 5.02. The van der Waals surface area contributed by atoms with E-state index in [9.17, 15) is 13.6 Å². The summed E-state index contributed by atoms with van der Waals surface area (Å²) in [5.41, 5.74) is 5.75. The van der Waals surface area contributed by atoms with Crippen LogP contribution < -0.4 is 5.73 Å². The first kappa shape index (κ1) is 14.9. The summed E-state index contributed by atoms with van der Waals surface area (Å²) in [6, 6.07) is 3.23. The van der Waals surface area contributed by atoms with Crippen LogP contribution in [0.1, 0.15) is 12.5 Å². The number of nitrogens with two attached hydrogens (primary N) is 1. The summed E-state index contributed by atoms with van der Waals surface area (Å²) in [4.78, 5) is 13.8. The molecule has 1 aliphatic rings. The van der Waals surface area contributed by atoms with E-state index < -0.39 is 11.6 Å². The molecule has 4 nitrogen and oxygen atoms in total. The van der Waals surface area contributed by atoms with Gasteiger partial charge in [0.1, 0.15) is 11.6 Å². The number of amides is 1. The van der Waals surface area contributed by atoms with Crippen LogP contribution in [0.15, 0.2) is 18.2 Å². The summed E-state index contributed by atoms with van der Waals surface area (Å²) in [5.74, 6) is -1.55. The van der Waals surface area contributed by atoms with Crippen molar-refractivity contribution in [2.75, 3.05) is 19.6 Å².